The van der Waals surface area contributed by atoms with Crippen LogP contribution in [-0.2, 0) is 0 Å². The molecular formula is C11H8Cl2FN3O. The predicted octanol–water partition coefficient (Wildman–Crippen LogP) is 3.67. The van der Waals surface area contributed by atoms with Gasteiger partial charge in [-0.05, 0) is 23.7 Å². The molecule has 0 atom stereocenters. The number of benzene rings is 1. The molecule has 94 valence electrons. The molecule has 1 aromatic heterocycles. The lowest BCUT2D eigenvalue weighted by Gasteiger charge is -2.09. The molecule has 0 unspecified atom stereocenters. The highest BCUT2D eigenvalue weighted by atomic mass is 35.5. The number of ether oxygens (including phenoxy) is 1. The highest BCUT2D eigenvalue weighted by Crippen LogP contribution is 2.29. The number of hydrogen-bond donors (Lipinski definition) is 1. The van der Waals surface area contributed by atoms with Gasteiger partial charge in [-0.3, -0.25) is 0 Å². The maximum atomic E-state index is 13.4. The quantitative estimate of drug-likeness (QED) is 0.875. The summed E-state index contributed by atoms with van der Waals surface area (Å²) in [4.78, 5) is 7.26. The molecule has 0 saturated carbocycles. The minimum atomic E-state index is -0.603. The van der Waals surface area contributed by atoms with E-state index in [1.165, 1.54) is 7.11 Å². The van der Waals surface area contributed by atoms with Crippen LogP contribution in [0.1, 0.15) is 0 Å². The summed E-state index contributed by atoms with van der Waals surface area (Å²) >= 11 is 11.5. The van der Waals surface area contributed by atoms with E-state index < -0.39 is 5.82 Å². The van der Waals surface area contributed by atoms with Crippen molar-refractivity contribution in [2.75, 3.05) is 12.4 Å². The van der Waals surface area contributed by atoms with Gasteiger partial charge in [0, 0.05) is 11.8 Å². The second-order valence-corrected chi connectivity index (χ2v) is 4.06. The Morgan fingerprint density at radius 2 is 2.11 bits per heavy atom. The molecule has 0 radical (unpaired) electrons. The van der Waals surface area contributed by atoms with Crippen LogP contribution in [0.15, 0.2) is 24.4 Å². The minimum absolute atomic E-state index is 0.0145. The zero-order valence-corrected chi connectivity index (χ0v) is 10.8. The van der Waals surface area contributed by atoms with Crippen LogP contribution >= 0.6 is 23.2 Å². The van der Waals surface area contributed by atoms with Gasteiger partial charge in [0.15, 0.2) is 11.6 Å². The number of hydrogen-bond acceptors (Lipinski definition) is 4. The van der Waals surface area contributed by atoms with Crippen molar-refractivity contribution in [3.8, 4) is 5.75 Å². The average molecular weight is 288 g/mol. The first-order valence-corrected chi connectivity index (χ1v) is 5.64. The third kappa shape index (κ3) is 2.80. The smallest absolute Gasteiger partial charge is 0.224 e. The number of halogens is 3. The Balaban J connectivity index is 2.31. The summed E-state index contributed by atoms with van der Waals surface area (Å²) < 4.78 is 18.5. The Labute approximate surface area is 113 Å². The lowest BCUT2D eigenvalue weighted by atomic mass is 10.3. The summed E-state index contributed by atoms with van der Waals surface area (Å²) in [6.45, 7) is 0. The van der Waals surface area contributed by atoms with Crippen LogP contribution < -0.4 is 10.1 Å². The van der Waals surface area contributed by atoms with E-state index in [1.807, 2.05) is 0 Å². The van der Waals surface area contributed by atoms with Gasteiger partial charge < -0.3 is 10.1 Å². The van der Waals surface area contributed by atoms with E-state index in [-0.39, 0.29) is 11.1 Å². The van der Waals surface area contributed by atoms with E-state index in [4.69, 9.17) is 27.9 Å². The van der Waals surface area contributed by atoms with E-state index in [1.54, 1.807) is 18.2 Å². The second kappa shape index (κ2) is 5.37. The van der Waals surface area contributed by atoms with Crippen molar-refractivity contribution in [3.05, 3.63) is 40.5 Å². The highest BCUT2D eigenvalue weighted by molar-refractivity contribution is 6.32. The van der Waals surface area contributed by atoms with Gasteiger partial charge in [0.2, 0.25) is 5.28 Å². The standard InChI is InChI=1S/C11H8Cl2FN3O/c1-18-9-4-6(2-3-7(9)12)16-10-8(14)5-15-11(13)17-10/h2-5H,1H3,(H,15,16,17). The summed E-state index contributed by atoms with van der Waals surface area (Å²) in [6.07, 6.45) is 0.991. The molecule has 2 rings (SSSR count). The SMILES string of the molecule is COc1cc(Nc2nc(Cl)ncc2F)ccc1Cl. The summed E-state index contributed by atoms with van der Waals surface area (Å²) in [5.74, 6) is -0.144. The molecule has 2 aromatic rings. The zero-order chi connectivity index (χ0) is 13.1. The maximum absolute atomic E-state index is 13.4. The normalized spacial score (nSPS) is 10.2. The van der Waals surface area contributed by atoms with E-state index >= 15 is 0 Å². The summed E-state index contributed by atoms with van der Waals surface area (Å²) in [7, 11) is 1.49. The lowest BCUT2D eigenvalue weighted by Crippen LogP contribution is -1.99. The largest absolute Gasteiger partial charge is 0.495 e. The molecule has 0 aliphatic rings. The number of methoxy groups -OCH3 is 1. The van der Waals surface area contributed by atoms with E-state index in [2.05, 4.69) is 15.3 Å². The minimum Gasteiger partial charge on any atom is -0.495 e. The molecular weight excluding hydrogens is 280 g/mol. The summed E-state index contributed by atoms with van der Waals surface area (Å²) in [5, 5.41) is 3.19. The van der Waals surface area contributed by atoms with Crippen molar-refractivity contribution < 1.29 is 9.13 Å². The monoisotopic (exact) mass is 287 g/mol. The topological polar surface area (TPSA) is 47.0 Å². The first-order chi connectivity index (χ1) is 8.60. The average Bonchev–Trinajstić information content (AvgIpc) is 2.36. The molecule has 0 bridgehead atoms. The first-order valence-electron chi connectivity index (χ1n) is 4.89. The first kappa shape index (κ1) is 12.9. The van der Waals surface area contributed by atoms with Crippen LogP contribution in [0, 0.1) is 5.82 Å². The molecule has 1 N–H and O–H groups in total. The predicted molar refractivity (Wildman–Crippen MR) is 68.3 cm³/mol. The molecule has 18 heavy (non-hydrogen) atoms. The van der Waals surface area contributed by atoms with Crippen molar-refractivity contribution in [1.29, 1.82) is 0 Å². The van der Waals surface area contributed by atoms with Gasteiger partial charge in [-0.2, -0.15) is 4.98 Å². The Morgan fingerprint density at radius 3 is 2.83 bits per heavy atom. The van der Waals surface area contributed by atoms with E-state index in [0.717, 1.165) is 6.20 Å². The van der Waals surface area contributed by atoms with Crippen molar-refractivity contribution in [2.24, 2.45) is 0 Å². The van der Waals surface area contributed by atoms with Crippen LogP contribution in [0.3, 0.4) is 0 Å². The fourth-order valence-corrected chi connectivity index (χ4v) is 1.64. The molecule has 1 aromatic carbocycles. The molecule has 1 heterocycles. The van der Waals surface area contributed by atoms with Crippen LogP contribution in [0.25, 0.3) is 0 Å². The highest BCUT2D eigenvalue weighted by Gasteiger charge is 2.08. The van der Waals surface area contributed by atoms with Crippen LogP contribution in [-0.4, -0.2) is 17.1 Å². The van der Waals surface area contributed by atoms with Crippen molar-refractivity contribution in [1.82, 2.24) is 9.97 Å². The molecule has 0 spiro atoms. The van der Waals surface area contributed by atoms with Gasteiger partial charge in [0.1, 0.15) is 5.75 Å². The van der Waals surface area contributed by atoms with Gasteiger partial charge >= 0.3 is 0 Å². The molecule has 0 aliphatic heterocycles. The van der Waals surface area contributed by atoms with Crippen LogP contribution in [0.5, 0.6) is 5.75 Å². The van der Waals surface area contributed by atoms with Gasteiger partial charge in [-0.15, -0.1) is 0 Å². The number of rotatable bonds is 3. The molecule has 0 saturated heterocycles. The number of nitrogens with one attached hydrogen (secondary N) is 1. The Hall–Kier alpha value is -1.59. The fourth-order valence-electron chi connectivity index (χ4n) is 1.31. The third-order valence-corrected chi connectivity index (χ3v) is 2.62. The maximum Gasteiger partial charge on any atom is 0.224 e. The molecule has 0 fully saturated rings. The van der Waals surface area contributed by atoms with Crippen LogP contribution in [0.4, 0.5) is 15.9 Å². The van der Waals surface area contributed by atoms with E-state index in [9.17, 15) is 4.39 Å². The van der Waals surface area contributed by atoms with Gasteiger partial charge in [-0.25, -0.2) is 9.37 Å². The summed E-state index contributed by atoms with van der Waals surface area (Å²) in [5.41, 5.74) is 0.574. The molecule has 0 aliphatic carbocycles. The Bertz CT molecular complexity index is 580. The van der Waals surface area contributed by atoms with Crippen molar-refractivity contribution >= 4 is 34.7 Å². The second-order valence-electron chi connectivity index (χ2n) is 3.31. The Morgan fingerprint density at radius 1 is 1.33 bits per heavy atom. The zero-order valence-electron chi connectivity index (χ0n) is 9.25. The van der Waals surface area contributed by atoms with Gasteiger partial charge in [0.25, 0.3) is 0 Å². The number of nitrogens with zero attached hydrogens (tertiary/aromatic N) is 2. The molecule has 4 nitrogen and oxygen atoms in total. The van der Waals surface area contributed by atoms with Crippen molar-refractivity contribution in [2.45, 2.75) is 0 Å². The number of aromatic nitrogens is 2. The van der Waals surface area contributed by atoms with Crippen molar-refractivity contribution in [3.63, 3.8) is 0 Å². The molecule has 0 amide bonds. The molecule has 7 heteroatoms. The van der Waals surface area contributed by atoms with E-state index in [0.29, 0.717) is 16.5 Å². The fraction of sp³-hybridized carbons (Fsp3) is 0.0909. The third-order valence-electron chi connectivity index (χ3n) is 2.13. The Kier molecular flexibility index (Phi) is 3.84. The van der Waals surface area contributed by atoms with Gasteiger partial charge in [0.05, 0.1) is 18.3 Å². The van der Waals surface area contributed by atoms with Crippen LogP contribution in [0.2, 0.25) is 10.3 Å². The summed E-state index contributed by atoms with van der Waals surface area (Å²) in [6, 6.07) is 4.92. The van der Waals surface area contributed by atoms with Gasteiger partial charge in [-0.1, -0.05) is 11.6 Å². The number of anilines is 2. The lowest BCUT2D eigenvalue weighted by molar-refractivity contribution is 0.415.